The van der Waals surface area contributed by atoms with Crippen molar-refractivity contribution in [3.63, 3.8) is 0 Å². The van der Waals surface area contributed by atoms with E-state index in [9.17, 15) is 0 Å². The Kier molecular flexibility index (Phi) is 9.62. The predicted octanol–water partition coefficient (Wildman–Crippen LogP) is 7.57. The van der Waals surface area contributed by atoms with Crippen molar-refractivity contribution >= 4 is 11.4 Å². The SMILES string of the molecule is CCN(CC)c1ccc(CCc2ccc(CCc3ccc(N(CC)CC)cc3C)cc2)c(C)c1. The van der Waals surface area contributed by atoms with Gasteiger partial charge < -0.3 is 9.80 Å². The van der Waals surface area contributed by atoms with Gasteiger partial charge in [0.2, 0.25) is 0 Å². The number of aryl methyl sites for hydroxylation is 6. The van der Waals surface area contributed by atoms with Crippen LogP contribution in [-0.2, 0) is 25.7 Å². The molecule has 0 unspecified atom stereocenters. The zero-order valence-electron chi connectivity index (χ0n) is 22.3. The first-order valence-electron chi connectivity index (χ1n) is 13.3. The van der Waals surface area contributed by atoms with Gasteiger partial charge in [0.1, 0.15) is 0 Å². The van der Waals surface area contributed by atoms with E-state index in [1.807, 2.05) is 0 Å². The molecule has 0 saturated heterocycles. The van der Waals surface area contributed by atoms with Crippen molar-refractivity contribution in [2.24, 2.45) is 0 Å². The minimum atomic E-state index is 1.06. The molecule has 3 aromatic carbocycles. The highest BCUT2D eigenvalue weighted by molar-refractivity contribution is 5.51. The third kappa shape index (κ3) is 6.65. The largest absolute Gasteiger partial charge is 0.372 e. The smallest absolute Gasteiger partial charge is 0.0368 e. The highest BCUT2D eigenvalue weighted by atomic mass is 15.1. The van der Waals surface area contributed by atoms with Gasteiger partial charge in [0.15, 0.2) is 0 Å². The molecule has 0 aromatic heterocycles. The Morgan fingerprint density at radius 2 is 0.824 bits per heavy atom. The average Bonchev–Trinajstić information content (AvgIpc) is 2.85. The van der Waals surface area contributed by atoms with E-state index in [2.05, 4.69) is 112 Å². The molecule has 0 N–H and O–H groups in total. The molecule has 0 aliphatic heterocycles. The van der Waals surface area contributed by atoms with Gasteiger partial charge in [0.25, 0.3) is 0 Å². The van der Waals surface area contributed by atoms with Gasteiger partial charge in [-0.1, -0.05) is 36.4 Å². The zero-order chi connectivity index (χ0) is 24.5. The Morgan fingerprint density at radius 1 is 0.471 bits per heavy atom. The summed E-state index contributed by atoms with van der Waals surface area (Å²) in [6.07, 6.45) is 4.39. The number of hydrogen-bond donors (Lipinski definition) is 0. The summed E-state index contributed by atoms with van der Waals surface area (Å²) in [4.78, 5) is 4.83. The van der Waals surface area contributed by atoms with Crippen molar-refractivity contribution in [3.05, 3.63) is 94.0 Å². The monoisotopic (exact) mass is 456 g/mol. The summed E-state index contributed by atoms with van der Waals surface area (Å²) in [6.45, 7) is 17.6. The lowest BCUT2D eigenvalue weighted by Gasteiger charge is -2.22. The van der Waals surface area contributed by atoms with Gasteiger partial charge in [-0.3, -0.25) is 0 Å². The van der Waals surface area contributed by atoms with Gasteiger partial charge in [0, 0.05) is 37.6 Å². The molecule has 3 rings (SSSR count). The molecule has 0 aliphatic rings. The topological polar surface area (TPSA) is 6.48 Å². The lowest BCUT2D eigenvalue weighted by atomic mass is 9.97. The van der Waals surface area contributed by atoms with Gasteiger partial charge in [-0.05, 0) is 125 Å². The van der Waals surface area contributed by atoms with Crippen LogP contribution in [0.5, 0.6) is 0 Å². The summed E-state index contributed by atoms with van der Waals surface area (Å²) in [7, 11) is 0. The van der Waals surface area contributed by atoms with Crippen LogP contribution in [0.3, 0.4) is 0 Å². The first-order valence-corrected chi connectivity index (χ1v) is 13.3. The zero-order valence-corrected chi connectivity index (χ0v) is 22.3. The Labute approximate surface area is 208 Å². The first-order chi connectivity index (χ1) is 16.5. The third-order valence-electron chi connectivity index (χ3n) is 7.30. The maximum absolute atomic E-state index is 2.41. The Balaban J connectivity index is 1.55. The molecular formula is C32H44N2. The van der Waals surface area contributed by atoms with Crippen LogP contribution in [0.4, 0.5) is 11.4 Å². The van der Waals surface area contributed by atoms with Crippen LogP contribution >= 0.6 is 0 Å². The molecule has 0 atom stereocenters. The van der Waals surface area contributed by atoms with E-state index in [1.165, 1.54) is 44.8 Å². The van der Waals surface area contributed by atoms with Crippen molar-refractivity contribution in [2.75, 3.05) is 36.0 Å². The molecule has 0 spiro atoms. The van der Waals surface area contributed by atoms with Crippen LogP contribution < -0.4 is 9.80 Å². The molecule has 34 heavy (non-hydrogen) atoms. The maximum Gasteiger partial charge on any atom is 0.0368 e. The highest BCUT2D eigenvalue weighted by Gasteiger charge is 2.07. The highest BCUT2D eigenvalue weighted by Crippen LogP contribution is 2.22. The summed E-state index contributed by atoms with van der Waals surface area (Å²) in [6, 6.07) is 23.2. The van der Waals surface area contributed by atoms with Crippen LogP contribution in [0, 0.1) is 13.8 Å². The van der Waals surface area contributed by atoms with Crippen LogP contribution in [0.25, 0.3) is 0 Å². The number of nitrogens with zero attached hydrogens (tertiary/aromatic N) is 2. The molecule has 2 heteroatoms. The van der Waals surface area contributed by atoms with E-state index in [0.717, 1.165) is 51.9 Å². The lowest BCUT2D eigenvalue weighted by Crippen LogP contribution is -2.21. The van der Waals surface area contributed by atoms with Crippen LogP contribution in [0.2, 0.25) is 0 Å². The second-order valence-electron chi connectivity index (χ2n) is 9.38. The van der Waals surface area contributed by atoms with Gasteiger partial charge in [-0.15, -0.1) is 0 Å². The third-order valence-corrected chi connectivity index (χ3v) is 7.30. The number of hydrogen-bond acceptors (Lipinski definition) is 2. The summed E-state index contributed by atoms with van der Waals surface area (Å²) in [5.74, 6) is 0. The van der Waals surface area contributed by atoms with Crippen molar-refractivity contribution < 1.29 is 0 Å². The van der Waals surface area contributed by atoms with Gasteiger partial charge in [-0.25, -0.2) is 0 Å². The fourth-order valence-corrected chi connectivity index (χ4v) is 4.92. The molecule has 3 aromatic rings. The molecule has 0 aliphatic carbocycles. The summed E-state index contributed by atoms with van der Waals surface area (Å²) >= 11 is 0. The first kappa shape index (κ1) is 25.9. The average molecular weight is 457 g/mol. The number of anilines is 2. The van der Waals surface area contributed by atoms with Crippen molar-refractivity contribution in [1.29, 1.82) is 0 Å². The fourth-order valence-electron chi connectivity index (χ4n) is 4.92. The standard InChI is InChI=1S/C32H44N2/c1-7-33(8-2)31-21-19-29(25(5)23-31)17-15-27-11-13-28(14-12-27)16-18-30-20-22-32(24-26(30)6)34(9-3)10-4/h11-14,19-24H,7-10,15-18H2,1-6H3. The summed E-state index contributed by atoms with van der Waals surface area (Å²) in [5, 5.41) is 0. The van der Waals surface area contributed by atoms with Crippen LogP contribution in [0.15, 0.2) is 60.7 Å². The second-order valence-corrected chi connectivity index (χ2v) is 9.38. The summed E-state index contributed by atoms with van der Waals surface area (Å²) < 4.78 is 0. The van der Waals surface area contributed by atoms with Crippen LogP contribution in [0.1, 0.15) is 61.1 Å². The van der Waals surface area contributed by atoms with Crippen molar-refractivity contribution in [1.82, 2.24) is 0 Å². The van der Waals surface area contributed by atoms with Crippen LogP contribution in [-0.4, -0.2) is 26.2 Å². The molecule has 2 nitrogen and oxygen atoms in total. The molecule has 0 saturated carbocycles. The van der Waals surface area contributed by atoms with E-state index in [0.29, 0.717) is 0 Å². The second kappa shape index (κ2) is 12.6. The Bertz CT molecular complexity index is 943. The van der Waals surface area contributed by atoms with E-state index >= 15 is 0 Å². The fraction of sp³-hybridized carbons (Fsp3) is 0.438. The molecule has 182 valence electrons. The quantitative estimate of drug-likeness (QED) is 0.277. The van der Waals surface area contributed by atoms with E-state index in [-0.39, 0.29) is 0 Å². The minimum Gasteiger partial charge on any atom is -0.372 e. The lowest BCUT2D eigenvalue weighted by molar-refractivity contribution is 0.862. The molecule has 0 radical (unpaired) electrons. The normalized spacial score (nSPS) is 11.0. The molecule has 0 bridgehead atoms. The Hall–Kier alpha value is -2.74. The molecule has 0 fully saturated rings. The Morgan fingerprint density at radius 3 is 1.12 bits per heavy atom. The van der Waals surface area contributed by atoms with Crippen molar-refractivity contribution in [3.8, 4) is 0 Å². The number of rotatable bonds is 12. The van der Waals surface area contributed by atoms with Gasteiger partial charge >= 0.3 is 0 Å². The van der Waals surface area contributed by atoms with Crippen molar-refractivity contribution in [2.45, 2.75) is 67.2 Å². The molecule has 0 amide bonds. The number of benzene rings is 3. The predicted molar refractivity (Wildman–Crippen MR) is 151 cm³/mol. The summed E-state index contributed by atoms with van der Waals surface area (Å²) in [5.41, 5.74) is 11.3. The van der Waals surface area contributed by atoms with Gasteiger partial charge in [0.05, 0.1) is 0 Å². The maximum atomic E-state index is 2.41. The minimum absolute atomic E-state index is 1.06. The van der Waals surface area contributed by atoms with E-state index in [1.54, 1.807) is 0 Å². The molecule has 0 heterocycles. The van der Waals surface area contributed by atoms with E-state index < -0.39 is 0 Å². The molecular weight excluding hydrogens is 412 g/mol. The van der Waals surface area contributed by atoms with E-state index in [4.69, 9.17) is 0 Å². The van der Waals surface area contributed by atoms with Gasteiger partial charge in [-0.2, -0.15) is 0 Å².